The summed E-state index contributed by atoms with van der Waals surface area (Å²) in [4.78, 5) is 30.6. The van der Waals surface area contributed by atoms with Crippen molar-refractivity contribution in [3.8, 4) is 6.07 Å². The van der Waals surface area contributed by atoms with Crippen LogP contribution in [0.5, 0.6) is 0 Å². The molecule has 0 aliphatic carbocycles. The number of carbonyl (C=O) groups is 2. The summed E-state index contributed by atoms with van der Waals surface area (Å²) >= 11 is 0. The maximum absolute atomic E-state index is 13.6. The Morgan fingerprint density at radius 2 is 1.91 bits per heavy atom. The third-order valence-electron chi connectivity index (χ3n) is 6.05. The maximum atomic E-state index is 13.6. The minimum Gasteiger partial charge on any atom is -0.320 e. The molecule has 0 N–H and O–H groups in total. The van der Waals surface area contributed by atoms with Gasteiger partial charge in [0.1, 0.15) is 11.9 Å². The van der Waals surface area contributed by atoms with E-state index in [0.717, 1.165) is 21.6 Å². The largest absolute Gasteiger partial charge is 0.320 e. The van der Waals surface area contributed by atoms with E-state index in [0.29, 0.717) is 16.5 Å². The van der Waals surface area contributed by atoms with E-state index < -0.39 is 30.8 Å². The highest BCUT2D eigenvalue weighted by Gasteiger charge is 2.47. The van der Waals surface area contributed by atoms with Gasteiger partial charge in [0.05, 0.1) is 18.1 Å². The monoisotopic (exact) mass is 477 g/mol. The van der Waals surface area contributed by atoms with Crippen molar-refractivity contribution < 1.29 is 22.8 Å². The van der Waals surface area contributed by atoms with Gasteiger partial charge < -0.3 is 4.90 Å². The van der Waals surface area contributed by atoms with E-state index in [1.165, 1.54) is 18.3 Å². The van der Waals surface area contributed by atoms with Gasteiger partial charge in [0.2, 0.25) is 5.91 Å². The Morgan fingerprint density at radius 1 is 1.17 bits per heavy atom. The summed E-state index contributed by atoms with van der Waals surface area (Å²) in [6, 6.07) is 13.7. The molecule has 1 atom stereocenters. The summed E-state index contributed by atoms with van der Waals surface area (Å²) in [5, 5.41) is 9.70. The number of Topliss-reactive ketones (excluding diaryl/α,β-unsaturated/α-hetero) is 1. The van der Waals surface area contributed by atoms with Crippen LogP contribution >= 0.6 is 0 Å². The highest BCUT2D eigenvalue weighted by Crippen LogP contribution is 2.32. The Balaban J connectivity index is 1.53. The standard InChI is InChI=1S/C27H22F3N3O2/c1-17(19-3-5-20(28)6-4-19)12-18-2-7-24-23(13-18)22(10-11-32-24)25(34)8-9-26(35)33-16-27(29,30)14-21(33)15-31/h2-7,10-13,21H,8-9,14,16H2,1H3/b17-12+/t21-/m0/s1. The van der Waals surface area contributed by atoms with E-state index in [9.17, 15) is 22.8 Å². The molecule has 178 valence electrons. The molecule has 1 fully saturated rings. The first-order valence-electron chi connectivity index (χ1n) is 11.1. The molecular formula is C27H22F3N3O2. The van der Waals surface area contributed by atoms with Crippen molar-refractivity contribution in [3.63, 3.8) is 0 Å². The number of halogens is 3. The van der Waals surface area contributed by atoms with Gasteiger partial charge in [-0.05, 0) is 54.0 Å². The highest BCUT2D eigenvalue weighted by atomic mass is 19.3. The van der Waals surface area contributed by atoms with Crippen molar-refractivity contribution in [1.82, 2.24) is 9.88 Å². The smallest absolute Gasteiger partial charge is 0.268 e. The lowest BCUT2D eigenvalue weighted by molar-refractivity contribution is -0.132. The Morgan fingerprint density at radius 3 is 2.63 bits per heavy atom. The summed E-state index contributed by atoms with van der Waals surface area (Å²) in [7, 11) is 0. The van der Waals surface area contributed by atoms with E-state index in [-0.39, 0.29) is 24.4 Å². The van der Waals surface area contributed by atoms with Crippen LogP contribution in [0.2, 0.25) is 0 Å². The lowest BCUT2D eigenvalue weighted by atomic mass is 9.98. The van der Waals surface area contributed by atoms with Gasteiger partial charge in [0, 0.05) is 36.4 Å². The molecule has 2 aromatic carbocycles. The first kappa shape index (κ1) is 24.1. The zero-order valence-corrected chi connectivity index (χ0v) is 19.0. The molecule has 0 radical (unpaired) electrons. The molecule has 1 aromatic heterocycles. The number of hydrogen-bond donors (Lipinski definition) is 0. The fraction of sp³-hybridized carbons (Fsp3) is 0.259. The minimum atomic E-state index is -3.10. The number of nitriles is 1. The Bertz CT molecular complexity index is 1360. The van der Waals surface area contributed by atoms with Crippen LogP contribution in [0.3, 0.4) is 0 Å². The van der Waals surface area contributed by atoms with Crippen LogP contribution in [-0.2, 0) is 4.79 Å². The summed E-state index contributed by atoms with van der Waals surface area (Å²) in [5.74, 6) is -4.38. The molecule has 1 amide bonds. The number of hydrogen-bond acceptors (Lipinski definition) is 4. The Labute approximate surface area is 200 Å². The quantitative estimate of drug-likeness (QED) is 0.339. The molecule has 1 aliphatic rings. The van der Waals surface area contributed by atoms with E-state index in [4.69, 9.17) is 5.26 Å². The van der Waals surface area contributed by atoms with Crippen molar-refractivity contribution >= 4 is 34.2 Å². The van der Waals surface area contributed by atoms with Crippen LogP contribution < -0.4 is 0 Å². The van der Waals surface area contributed by atoms with Crippen molar-refractivity contribution in [2.45, 2.75) is 38.2 Å². The lowest BCUT2D eigenvalue weighted by Crippen LogP contribution is -2.36. The third kappa shape index (κ3) is 5.40. The number of amides is 1. The first-order valence-corrected chi connectivity index (χ1v) is 11.1. The number of alkyl halides is 2. The Hall–Kier alpha value is -3.99. The molecule has 0 spiro atoms. The number of likely N-dealkylation sites (tertiary alicyclic amines) is 1. The molecule has 35 heavy (non-hydrogen) atoms. The predicted octanol–water partition coefficient (Wildman–Crippen LogP) is 5.66. The molecule has 2 heterocycles. The number of allylic oxidation sites excluding steroid dienone is 1. The van der Waals surface area contributed by atoms with Crippen LogP contribution in [0.1, 0.15) is 47.7 Å². The maximum Gasteiger partial charge on any atom is 0.268 e. The number of pyridine rings is 1. The number of fused-ring (bicyclic) bond motifs is 1. The van der Waals surface area contributed by atoms with Crippen LogP contribution in [0, 0.1) is 17.1 Å². The first-order chi connectivity index (χ1) is 16.7. The molecule has 4 rings (SSSR count). The van der Waals surface area contributed by atoms with Gasteiger partial charge in [-0.15, -0.1) is 0 Å². The van der Waals surface area contributed by atoms with Crippen molar-refractivity contribution in [2.75, 3.05) is 6.54 Å². The van der Waals surface area contributed by atoms with Crippen LogP contribution in [-0.4, -0.2) is 40.1 Å². The number of benzene rings is 2. The number of rotatable bonds is 6. The summed E-state index contributed by atoms with van der Waals surface area (Å²) in [5.41, 5.74) is 3.55. The van der Waals surface area contributed by atoms with E-state index in [1.807, 2.05) is 25.1 Å². The van der Waals surface area contributed by atoms with Crippen LogP contribution in [0.15, 0.2) is 54.7 Å². The number of carbonyl (C=O) groups excluding carboxylic acids is 2. The zero-order chi connectivity index (χ0) is 25.2. The average Bonchev–Trinajstić information content (AvgIpc) is 3.17. The van der Waals surface area contributed by atoms with Crippen LogP contribution in [0.4, 0.5) is 13.2 Å². The molecule has 1 aliphatic heterocycles. The normalized spacial score (nSPS) is 17.4. The van der Waals surface area contributed by atoms with Gasteiger partial charge in [-0.2, -0.15) is 5.26 Å². The van der Waals surface area contributed by atoms with Crippen molar-refractivity contribution in [1.29, 1.82) is 5.26 Å². The van der Waals surface area contributed by atoms with Gasteiger partial charge in [-0.1, -0.05) is 24.3 Å². The molecule has 0 saturated carbocycles. The molecule has 0 bridgehead atoms. The van der Waals surface area contributed by atoms with Gasteiger partial charge in [0.15, 0.2) is 5.78 Å². The second-order valence-electron chi connectivity index (χ2n) is 8.62. The zero-order valence-electron chi connectivity index (χ0n) is 19.0. The lowest BCUT2D eigenvalue weighted by Gasteiger charge is -2.18. The van der Waals surface area contributed by atoms with Gasteiger partial charge in [-0.25, -0.2) is 13.2 Å². The molecular weight excluding hydrogens is 455 g/mol. The summed E-state index contributed by atoms with van der Waals surface area (Å²) in [6.07, 6.45) is 2.29. The van der Waals surface area contributed by atoms with Crippen LogP contribution in [0.25, 0.3) is 22.6 Å². The average molecular weight is 477 g/mol. The van der Waals surface area contributed by atoms with E-state index in [1.54, 1.807) is 30.3 Å². The predicted molar refractivity (Wildman–Crippen MR) is 126 cm³/mol. The number of ketones is 1. The Kier molecular flexibility index (Phi) is 6.70. The van der Waals surface area contributed by atoms with Crippen molar-refractivity contribution in [2.24, 2.45) is 0 Å². The number of nitrogens with zero attached hydrogens (tertiary/aromatic N) is 3. The van der Waals surface area contributed by atoms with Gasteiger partial charge in [0.25, 0.3) is 5.92 Å². The van der Waals surface area contributed by atoms with Gasteiger partial charge >= 0.3 is 0 Å². The second kappa shape index (κ2) is 9.71. The molecule has 3 aromatic rings. The molecule has 5 nitrogen and oxygen atoms in total. The molecule has 0 unspecified atom stereocenters. The van der Waals surface area contributed by atoms with Crippen molar-refractivity contribution in [3.05, 3.63) is 77.2 Å². The SMILES string of the molecule is C/C(=C\c1ccc2nccc(C(=O)CCC(=O)N3CC(F)(F)C[C@H]3C#N)c2c1)c1ccc(F)cc1. The second-order valence-corrected chi connectivity index (χ2v) is 8.62. The summed E-state index contributed by atoms with van der Waals surface area (Å²) < 4.78 is 40.5. The topological polar surface area (TPSA) is 74.1 Å². The molecule has 1 saturated heterocycles. The summed E-state index contributed by atoms with van der Waals surface area (Å²) in [6.45, 7) is 1.09. The third-order valence-corrected chi connectivity index (χ3v) is 6.05. The fourth-order valence-corrected chi connectivity index (χ4v) is 4.24. The minimum absolute atomic E-state index is 0.174. The molecule has 8 heteroatoms. The fourth-order valence-electron chi connectivity index (χ4n) is 4.24. The van der Waals surface area contributed by atoms with Gasteiger partial charge in [-0.3, -0.25) is 14.6 Å². The highest BCUT2D eigenvalue weighted by molar-refractivity contribution is 6.08. The number of aromatic nitrogens is 1. The van der Waals surface area contributed by atoms with E-state index >= 15 is 0 Å². The van der Waals surface area contributed by atoms with E-state index in [2.05, 4.69) is 4.98 Å².